The molecule has 1 saturated carbocycles. The summed E-state index contributed by atoms with van der Waals surface area (Å²) in [5.74, 6) is 0.253. The molecule has 4 nitrogen and oxygen atoms in total. The third kappa shape index (κ3) is 4.40. The molecule has 1 amide bonds. The Labute approximate surface area is 95.3 Å². The second-order valence-electron chi connectivity index (χ2n) is 3.89. The predicted octanol–water partition coefficient (Wildman–Crippen LogP) is 0.521. The van der Waals surface area contributed by atoms with E-state index >= 15 is 0 Å². The van der Waals surface area contributed by atoms with Crippen LogP contribution in [0.5, 0.6) is 0 Å². The molecule has 0 atom stereocenters. The lowest BCUT2D eigenvalue weighted by Gasteiger charge is -2.27. The molecule has 5 heteroatoms. The van der Waals surface area contributed by atoms with Gasteiger partial charge >= 0.3 is 0 Å². The van der Waals surface area contributed by atoms with Crippen LogP contribution in [0.3, 0.4) is 0 Å². The molecule has 0 spiro atoms. The molecule has 0 bridgehead atoms. The first-order valence-electron chi connectivity index (χ1n) is 5.45. The summed E-state index contributed by atoms with van der Waals surface area (Å²) in [4.78, 5) is 11.6. The van der Waals surface area contributed by atoms with E-state index in [1.807, 2.05) is 6.26 Å². The maximum Gasteiger partial charge on any atom is 0.223 e. The summed E-state index contributed by atoms with van der Waals surface area (Å²) in [5, 5.41) is 11.3. The van der Waals surface area contributed by atoms with Crippen molar-refractivity contribution in [1.29, 1.82) is 0 Å². The van der Waals surface area contributed by atoms with Gasteiger partial charge in [0.05, 0.1) is 6.61 Å². The Hall–Kier alpha value is -0.260. The topological polar surface area (TPSA) is 61.4 Å². The van der Waals surface area contributed by atoms with Gasteiger partial charge in [-0.05, 0) is 31.9 Å². The van der Waals surface area contributed by atoms with E-state index in [1.165, 1.54) is 0 Å². The quantitative estimate of drug-likeness (QED) is 0.605. The molecule has 0 aromatic heterocycles. The zero-order chi connectivity index (χ0) is 11.1. The summed E-state index contributed by atoms with van der Waals surface area (Å²) in [6.07, 6.45) is 6.07. The molecule has 0 radical (unpaired) electrons. The smallest absolute Gasteiger partial charge is 0.223 e. The molecule has 0 aliphatic heterocycles. The minimum Gasteiger partial charge on any atom is -0.395 e. The zero-order valence-electron chi connectivity index (χ0n) is 9.16. The van der Waals surface area contributed by atoms with Crippen molar-refractivity contribution in [1.82, 2.24) is 10.0 Å². The highest BCUT2D eigenvalue weighted by atomic mass is 32.2. The van der Waals surface area contributed by atoms with Crippen molar-refractivity contribution < 1.29 is 9.90 Å². The van der Waals surface area contributed by atoms with Crippen molar-refractivity contribution in [3.8, 4) is 0 Å². The minimum atomic E-state index is 0.0229. The molecule has 1 aliphatic carbocycles. The largest absolute Gasteiger partial charge is 0.395 e. The van der Waals surface area contributed by atoms with Crippen LogP contribution in [-0.4, -0.2) is 36.5 Å². The molecule has 0 saturated heterocycles. The third-order valence-corrected chi connectivity index (χ3v) is 3.36. The Morgan fingerprint density at radius 2 is 2.07 bits per heavy atom. The van der Waals surface area contributed by atoms with Gasteiger partial charge in [0.25, 0.3) is 0 Å². The molecule has 0 aromatic rings. The number of aliphatic hydroxyl groups excluding tert-OH is 1. The SMILES string of the molecule is CSNC1CCC(C(=O)NCCO)CC1. The van der Waals surface area contributed by atoms with Crippen LogP contribution in [-0.2, 0) is 4.79 Å². The second kappa shape index (κ2) is 7.09. The minimum absolute atomic E-state index is 0.0229. The highest BCUT2D eigenvalue weighted by Gasteiger charge is 2.25. The molecule has 0 heterocycles. The van der Waals surface area contributed by atoms with Gasteiger partial charge in [-0.3, -0.25) is 9.52 Å². The number of nitrogens with one attached hydrogen (secondary N) is 2. The molecule has 1 fully saturated rings. The lowest BCUT2D eigenvalue weighted by atomic mass is 9.86. The van der Waals surface area contributed by atoms with Gasteiger partial charge in [-0.25, -0.2) is 0 Å². The van der Waals surface area contributed by atoms with Crippen LogP contribution in [0.1, 0.15) is 25.7 Å². The number of carbonyl (C=O) groups excluding carboxylic acids is 1. The third-order valence-electron chi connectivity index (χ3n) is 2.79. The van der Waals surface area contributed by atoms with Crippen LogP contribution in [0.25, 0.3) is 0 Å². The number of hydrogen-bond donors (Lipinski definition) is 3. The number of rotatable bonds is 5. The second-order valence-corrected chi connectivity index (χ2v) is 4.53. The molecule has 15 heavy (non-hydrogen) atoms. The molecule has 1 aliphatic rings. The Morgan fingerprint density at radius 1 is 1.40 bits per heavy atom. The summed E-state index contributed by atoms with van der Waals surface area (Å²) >= 11 is 1.65. The van der Waals surface area contributed by atoms with Gasteiger partial charge in [0.1, 0.15) is 0 Å². The average molecular weight is 232 g/mol. The highest BCUT2D eigenvalue weighted by Crippen LogP contribution is 2.25. The van der Waals surface area contributed by atoms with Crippen molar-refractivity contribution in [3.05, 3.63) is 0 Å². The highest BCUT2D eigenvalue weighted by molar-refractivity contribution is 7.96. The number of aliphatic hydroxyl groups is 1. The fourth-order valence-electron chi connectivity index (χ4n) is 1.96. The van der Waals surface area contributed by atoms with E-state index in [0.717, 1.165) is 25.7 Å². The fraction of sp³-hybridized carbons (Fsp3) is 0.900. The van der Waals surface area contributed by atoms with E-state index in [1.54, 1.807) is 11.9 Å². The first kappa shape index (κ1) is 12.8. The average Bonchev–Trinajstić information content (AvgIpc) is 2.27. The standard InChI is InChI=1S/C10H20N2O2S/c1-15-12-9-4-2-8(3-5-9)10(14)11-6-7-13/h8-9,12-13H,2-7H2,1H3,(H,11,14). The molecule has 0 unspecified atom stereocenters. The van der Waals surface area contributed by atoms with Crippen LogP contribution in [0, 0.1) is 5.92 Å². The normalized spacial score (nSPS) is 26.3. The first-order chi connectivity index (χ1) is 7.27. The Bertz CT molecular complexity index is 194. The maximum absolute atomic E-state index is 11.6. The number of amides is 1. The number of carbonyl (C=O) groups is 1. The van der Waals surface area contributed by atoms with E-state index in [0.29, 0.717) is 12.6 Å². The van der Waals surface area contributed by atoms with Crippen molar-refractivity contribution >= 4 is 17.9 Å². The van der Waals surface area contributed by atoms with Crippen LogP contribution in [0.15, 0.2) is 0 Å². The first-order valence-corrected chi connectivity index (χ1v) is 6.67. The maximum atomic E-state index is 11.6. The summed E-state index contributed by atoms with van der Waals surface area (Å²) in [6.45, 7) is 0.400. The van der Waals surface area contributed by atoms with Crippen molar-refractivity contribution in [2.45, 2.75) is 31.7 Å². The van der Waals surface area contributed by atoms with Crippen LogP contribution in [0.4, 0.5) is 0 Å². The van der Waals surface area contributed by atoms with E-state index < -0.39 is 0 Å². The lowest BCUT2D eigenvalue weighted by molar-refractivity contribution is -0.126. The molecule has 1 rings (SSSR count). The molecule has 3 N–H and O–H groups in total. The van der Waals surface area contributed by atoms with Gasteiger partial charge in [0, 0.05) is 18.5 Å². The van der Waals surface area contributed by atoms with Crippen LogP contribution >= 0.6 is 11.9 Å². The molecule has 88 valence electrons. The Balaban J connectivity index is 2.21. The summed E-state index contributed by atoms with van der Waals surface area (Å²) in [5.41, 5.74) is 0. The van der Waals surface area contributed by atoms with Crippen LogP contribution < -0.4 is 10.0 Å². The Kier molecular flexibility index (Phi) is 6.05. The van der Waals surface area contributed by atoms with Gasteiger partial charge in [-0.15, -0.1) is 0 Å². The van der Waals surface area contributed by atoms with Gasteiger partial charge < -0.3 is 10.4 Å². The lowest BCUT2D eigenvalue weighted by Crippen LogP contribution is -2.37. The van der Waals surface area contributed by atoms with Crippen molar-refractivity contribution in [3.63, 3.8) is 0 Å². The summed E-state index contributed by atoms with van der Waals surface area (Å²) in [6, 6.07) is 0.557. The van der Waals surface area contributed by atoms with Crippen molar-refractivity contribution in [2.24, 2.45) is 5.92 Å². The van der Waals surface area contributed by atoms with E-state index in [9.17, 15) is 4.79 Å². The monoisotopic (exact) mass is 232 g/mol. The van der Waals surface area contributed by atoms with Gasteiger partial charge in [-0.2, -0.15) is 0 Å². The van der Waals surface area contributed by atoms with E-state index in [4.69, 9.17) is 5.11 Å². The van der Waals surface area contributed by atoms with Crippen molar-refractivity contribution in [2.75, 3.05) is 19.4 Å². The zero-order valence-corrected chi connectivity index (χ0v) is 9.98. The van der Waals surface area contributed by atoms with E-state index in [-0.39, 0.29) is 18.4 Å². The Morgan fingerprint density at radius 3 is 2.60 bits per heavy atom. The van der Waals surface area contributed by atoms with Gasteiger partial charge in [0.15, 0.2) is 0 Å². The molecular formula is C10H20N2O2S. The fourth-order valence-corrected chi connectivity index (χ4v) is 2.53. The summed E-state index contributed by atoms with van der Waals surface area (Å²) < 4.78 is 3.33. The van der Waals surface area contributed by atoms with Crippen LogP contribution in [0.2, 0.25) is 0 Å². The molecular weight excluding hydrogens is 212 g/mol. The number of hydrogen-bond acceptors (Lipinski definition) is 4. The van der Waals surface area contributed by atoms with Gasteiger partial charge in [-0.1, -0.05) is 11.9 Å². The van der Waals surface area contributed by atoms with Gasteiger partial charge in [0.2, 0.25) is 5.91 Å². The summed E-state index contributed by atoms with van der Waals surface area (Å²) in [7, 11) is 0. The molecule has 0 aromatic carbocycles. The van der Waals surface area contributed by atoms with E-state index in [2.05, 4.69) is 10.0 Å². The predicted molar refractivity (Wildman–Crippen MR) is 62.5 cm³/mol.